The Morgan fingerprint density at radius 1 is 0.943 bits per heavy atom. The molecule has 1 saturated carbocycles. The molecule has 0 unspecified atom stereocenters. The molecule has 4 aliphatic rings. The molecule has 0 radical (unpaired) electrons. The molecule has 9 nitrogen and oxygen atoms in total. The molecule has 4 fully saturated rings. The second-order valence-corrected chi connectivity index (χ2v) is 14.7. The van der Waals surface area contributed by atoms with Gasteiger partial charge < -0.3 is 18.9 Å². The first kappa shape index (κ1) is 37.0. The first-order valence-electron chi connectivity index (χ1n) is 18.1. The van der Waals surface area contributed by atoms with Crippen LogP contribution in [0.25, 0.3) is 0 Å². The first-order valence-corrected chi connectivity index (χ1v) is 18.9. The smallest absolute Gasteiger partial charge is 0.415 e. The molecule has 3 saturated heterocycles. The molecule has 1 amide bonds. The van der Waals surface area contributed by atoms with Crippen LogP contribution >= 0.6 is 23.2 Å². The number of hydrogen-bond acceptors (Lipinski definition) is 8. The van der Waals surface area contributed by atoms with Gasteiger partial charge in [0.15, 0.2) is 11.5 Å². The Morgan fingerprint density at radius 3 is 2.40 bits per heavy atom. The van der Waals surface area contributed by atoms with Crippen LogP contribution in [-0.4, -0.2) is 60.9 Å². The molecular formula is C41H42Cl2FN3O6. The lowest BCUT2D eigenvalue weighted by Gasteiger charge is -2.44. The number of fused-ring (bicyclic) bond motifs is 3. The zero-order valence-corrected chi connectivity index (χ0v) is 31.0. The number of pyridine rings is 1. The predicted octanol–water partition coefficient (Wildman–Crippen LogP) is 9.24. The molecule has 3 aromatic carbocycles. The lowest BCUT2D eigenvalue weighted by Crippen LogP contribution is -2.53. The lowest BCUT2D eigenvalue weighted by atomic mass is 9.86. The minimum atomic E-state index is -0.827. The van der Waals surface area contributed by atoms with E-state index in [0.29, 0.717) is 44.8 Å². The Morgan fingerprint density at radius 2 is 1.70 bits per heavy atom. The number of carbonyl (C=O) groups excluding carboxylic acids is 2. The van der Waals surface area contributed by atoms with E-state index in [1.54, 1.807) is 55.6 Å². The minimum absolute atomic E-state index is 0.0337. The average molecular weight is 763 g/mol. The Bertz CT molecular complexity index is 1910. The van der Waals surface area contributed by atoms with Crippen molar-refractivity contribution >= 4 is 41.0 Å². The molecule has 278 valence electrons. The van der Waals surface area contributed by atoms with Crippen LogP contribution in [-0.2, 0) is 22.4 Å². The molecular weight excluding hydrogens is 720 g/mol. The van der Waals surface area contributed by atoms with E-state index in [-0.39, 0.29) is 42.3 Å². The van der Waals surface area contributed by atoms with Crippen molar-refractivity contribution < 1.29 is 32.9 Å². The predicted molar refractivity (Wildman–Crippen MR) is 200 cm³/mol. The summed E-state index contributed by atoms with van der Waals surface area (Å²) in [6.45, 7) is 2.63. The maximum atomic E-state index is 15.2. The van der Waals surface area contributed by atoms with E-state index in [1.807, 2.05) is 12.1 Å². The maximum Gasteiger partial charge on any atom is 0.415 e. The number of carbonyl (C=O) groups is 2. The average Bonchev–Trinajstić information content (AvgIpc) is 3.69. The number of aromatic nitrogens is 1. The van der Waals surface area contributed by atoms with Crippen LogP contribution in [0.1, 0.15) is 71.7 Å². The van der Waals surface area contributed by atoms with Crippen molar-refractivity contribution in [2.24, 2.45) is 5.92 Å². The fourth-order valence-electron chi connectivity index (χ4n) is 7.55. The third kappa shape index (κ3) is 8.72. The van der Waals surface area contributed by atoms with Gasteiger partial charge in [-0.15, -0.1) is 0 Å². The van der Waals surface area contributed by atoms with Gasteiger partial charge in [-0.1, -0.05) is 53.5 Å². The van der Waals surface area contributed by atoms with Gasteiger partial charge in [0.1, 0.15) is 18.0 Å². The molecule has 2 atom stereocenters. The molecule has 1 aromatic heterocycles. The summed E-state index contributed by atoms with van der Waals surface area (Å²) in [6, 6.07) is 18.3. The van der Waals surface area contributed by atoms with Crippen molar-refractivity contribution in [2.45, 2.75) is 69.8 Å². The molecule has 4 heterocycles. The van der Waals surface area contributed by atoms with Gasteiger partial charge in [0.25, 0.3) is 0 Å². The zero-order chi connectivity index (χ0) is 36.9. The molecule has 2 bridgehead atoms. The van der Waals surface area contributed by atoms with Crippen molar-refractivity contribution in [3.8, 4) is 11.5 Å². The molecule has 3 aliphatic heterocycles. The van der Waals surface area contributed by atoms with E-state index in [2.05, 4.69) is 9.88 Å². The van der Waals surface area contributed by atoms with Crippen LogP contribution in [0, 0.1) is 11.7 Å². The number of ether oxygens (including phenoxy) is 4. The normalized spacial score (nSPS) is 20.1. The second-order valence-electron chi connectivity index (χ2n) is 13.9. The topological polar surface area (TPSA) is 90.4 Å². The van der Waals surface area contributed by atoms with Gasteiger partial charge in [0.2, 0.25) is 0 Å². The van der Waals surface area contributed by atoms with Crippen LogP contribution in [0.2, 0.25) is 10.0 Å². The molecule has 0 N–H and O–H groups in total. The largest absolute Gasteiger partial charge is 0.493 e. The molecule has 53 heavy (non-hydrogen) atoms. The van der Waals surface area contributed by atoms with E-state index in [0.717, 1.165) is 51.6 Å². The summed E-state index contributed by atoms with van der Waals surface area (Å²) in [5.41, 5.74) is 2.16. The van der Waals surface area contributed by atoms with Gasteiger partial charge in [-0.3, -0.25) is 14.8 Å². The Hall–Kier alpha value is -4.38. The molecule has 4 aromatic rings. The highest BCUT2D eigenvalue weighted by molar-refractivity contribution is 6.35. The number of halogens is 3. The van der Waals surface area contributed by atoms with Crippen LogP contribution < -0.4 is 14.4 Å². The summed E-state index contributed by atoms with van der Waals surface area (Å²) in [7, 11) is 1.59. The van der Waals surface area contributed by atoms with E-state index in [9.17, 15) is 9.59 Å². The number of piperidine rings is 3. The van der Waals surface area contributed by atoms with Gasteiger partial charge in [0.05, 0.1) is 41.1 Å². The van der Waals surface area contributed by atoms with E-state index in [1.165, 1.54) is 23.4 Å². The summed E-state index contributed by atoms with van der Waals surface area (Å²) in [4.78, 5) is 35.4. The Balaban J connectivity index is 1.15. The fourth-order valence-corrected chi connectivity index (χ4v) is 8.07. The standard InChI is InChI=1S/C41H42Cl2FN3O6/c1-50-36-14-13-28(20-38(36)51-30-9-2-3-10-30)37(21-31-32(42)22-45-23-33(31)43)52-40(48)29-8-6-7-26(19-29)24-47(35-12-5-4-11-34(35)44)41(49)53-39-25-46-17-15-27(39)16-18-46/h4-8,11-14,19-20,22-23,27,30,37,39H,2-3,9-10,15-18,21,24-25H2,1H3/t37-,39+/m1/s1. The number of benzene rings is 3. The van der Waals surface area contributed by atoms with Crippen LogP contribution in [0.15, 0.2) is 79.1 Å². The molecule has 0 spiro atoms. The van der Waals surface area contributed by atoms with E-state index in [4.69, 9.17) is 42.1 Å². The maximum absolute atomic E-state index is 15.2. The van der Waals surface area contributed by atoms with Gasteiger partial charge in [-0.2, -0.15) is 0 Å². The van der Waals surface area contributed by atoms with Gasteiger partial charge in [0, 0.05) is 25.4 Å². The molecule has 1 aliphatic carbocycles. The Labute approximate surface area is 318 Å². The van der Waals surface area contributed by atoms with Gasteiger partial charge in [-0.05, 0) is 111 Å². The van der Waals surface area contributed by atoms with Crippen molar-refractivity contribution in [2.75, 3.05) is 31.6 Å². The number of nitrogens with zero attached hydrogens (tertiary/aromatic N) is 3. The summed E-state index contributed by atoms with van der Waals surface area (Å²) in [5.74, 6) is 0.251. The Kier molecular flexibility index (Phi) is 11.7. The number of esters is 1. The highest BCUT2D eigenvalue weighted by Crippen LogP contribution is 2.38. The second kappa shape index (κ2) is 16.7. The third-order valence-electron chi connectivity index (χ3n) is 10.5. The third-order valence-corrected chi connectivity index (χ3v) is 11.1. The van der Waals surface area contributed by atoms with Gasteiger partial charge in [-0.25, -0.2) is 14.0 Å². The van der Waals surface area contributed by atoms with Crippen LogP contribution in [0.5, 0.6) is 11.5 Å². The molecule has 8 rings (SSSR count). The molecule has 12 heteroatoms. The fraction of sp³-hybridized carbons (Fsp3) is 0.390. The first-order chi connectivity index (χ1) is 25.7. The summed E-state index contributed by atoms with van der Waals surface area (Å²) < 4.78 is 39.4. The highest BCUT2D eigenvalue weighted by Gasteiger charge is 2.38. The number of methoxy groups -OCH3 is 1. The highest BCUT2D eigenvalue weighted by atomic mass is 35.5. The van der Waals surface area contributed by atoms with Crippen molar-refractivity contribution in [1.29, 1.82) is 0 Å². The SMILES string of the molecule is COc1ccc([C@@H](Cc2c(Cl)cncc2Cl)OC(=O)c2cccc(CN(C(=O)O[C@H]3CN4CCC3CC4)c3ccccc3F)c2)cc1OC1CCCC1. The van der Waals surface area contributed by atoms with Crippen molar-refractivity contribution in [3.63, 3.8) is 0 Å². The van der Waals surface area contributed by atoms with Crippen LogP contribution in [0.3, 0.4) is 0 Å². The minimum Gasteiger partial charge on any atom is -0.493 e. The zero-order valence-electron chi connectivity index (χ0n) is 29.5. The lowest BCUT2D eigenvalue weighted by molar-refractivity contribution is -0.0311. The number of anilines is 1. The van der Waals surface area contributed by atoms with E-state index < -0.39 is 24.0 Å². The quantitative estimate of drug-likeness (QED) is 0.132. The monoisotopic (exact) mass is 761 g/mol. The summed E-state index contributed by atoms with van der Waals surface area (Å²) in [6.07, 6.45) is 7.54. The van der Waals surface area contributed by atoms with Crippen molar-refractivity contribution in [3.05, 3.63) is 117 Å². The number of amides is 1. The van der Waals surface area contributed by atoms with Crippen LogP contribution in [0.4, 0.5) is 14.9 Å². The summed E-state index contributed by atoms with van der Waals surface area (Å²) >= 11 is 13.1. The van der Waals surface area contributed by atoms with Gasteiger partial charge >= 0.3 is 12.1 Å². The van der Waals surface area contributed by atoms with E-state index >= 15 is 4.39 Å². The number of para-hydroxylation sites is 1. The number of rotatable bonds is 12. The number of hydrogen-bond donors (Lipinski definition) is 0. The van der Waals surface area contributed by atoms with Crippen molar-refractivity contribution in [1.82, 2.24) is 9.88 Å². The summed E-state index contributed by atoms with van der Waals surface area (Å²) in [5, 5.41) is 0.685.